The zero-order valence-electron chi connectivity index (χ0n) is 12.0. The number of hydrogen-bond acceptors (Lipinski definition) is 4. The minimum absolute atomic E-state index is 0.0627. The molecule has 2 atom stereocenters. The molecule has 2 saturated heterocycles. The lowest BCUT2D eigenvalue weighted by atomic mass is 9.82. The predicted octanol–water partition coefficient (Wildman–Crippen LogP) is 0.468. The van der Waals surface area contributed by atoms with E-state index < -0.39 is 17.9 Å². The van der Waals surface area contributed by atoms with Crippen LogP contribution in [0.3, 0.4) is 0 Å². The Morgan fingerprint density at radius 1 is 1.14 bits per heavy atom. The van der Waals surface area contributed by atoms with E-state index >= 15 is 0 Å². The van der Waals surface area contributed by atoms with Crippen molar-refractivity contribution < 1.29 is 19.5 Å². The van der Waals surface area contributed by atoms with E-state index in [1.54, 1.807) is 0 Å². The molecule has 2 rings (SSSR count). The van der Waals surface area contributed by atoms with E-state index in [4.69, 9.17) is 5.11 Å². The van der Waals surface area contributed by atoms with E-state index in [0.29, 0.717) is 18.2 Å². The Morgan fingerprint density at radius 2 is 1.76 bits per heavy atom. The summed E-state index contributed by atoms with van der Waals surface area (Å²) in [6.07, 6.45) is 6.82. The topological polar surface area (TPSA) is 98.7 Å². The number of nitrogens with one attached hydrogen (secondary N) is 2. The van der Waals surface area contributed by atoms with Crippen molar-refractivity contribution in [2.24, 2.45) is 0 Å². The third kappa shape index (κ3) is 4.29. The van der Waals surface area contributed by atoms with Gasteiger partial charge < -0.3 is 15.3 Å². The van der Waals surface area contributed by atoms with Gasteiger partial charge in [-0.3, -0.25) is 10.1 Å². The monoisotopic (exact) mass is 295 g/mol. The summed E-state index contributed by atoms with van der Waals surface area (Å²) in [6, 6.07) is 0.478. The van der Waals surface area contributed by atoms with Crippen LogP contribution < -0.4 is 10.6 Å². The van der Waals surface area contributed by atoms with Gasteiger partial charge in [0.15, 0.2) is 0 Å². The largest absolute Gasteiger partial charge is 0.478 e. The van der Waals surface area contributed by atoms with E-state index in [2.05, 4.69) is 22.6 Å². The highest BCUT2D eigenvalue weighted by Crippen LogP contribution is 2.32. The van der Waals surface area contributed by atoms with Crippen LogP contribution in [0.1, 0.15) is 32.1 Å². The molecule has 2 heterocycles. The number of carbonyl (C=O) groups is 3. The summed E-state index contributed by atoms with van der Waals surface area (Å²) in [5.41, 5.74) is 0. The number of carbonyl (C=O) groups excluding carboxylic acids is 2. The molecule has 2 unspecified atom stereocenters. The van der Waals surface area contributed by atoms with Gasteiger partial charge >= 0.3 is 12.0 Å². The van der Waals surface area contributed by atoms with E-state index in [-0.39, 0.29) is 6.04 Å². The van der Waals surface area contributed by atoms with Crippen molar-refractivity contribution in [2.45, 2.75) is 50.2 Å². The normalized spacial score (nSPS) is 29.1. The molecule has 2 aliphatic heterocycles. The Balaban J connectivity index is 1.81. The van der Waals surface area contributed by atoms with Crippen molar-refractivity contribution in [1.82, 2.24) is 15.5 Å². The summed E-state index contributed by atoms with van der Waals surface area (Å²) in [5.74, 6) is -1.96. The third-order valence-electron chi connectivity index (χ3n) is 4.29. The average molecular weight is 295 g/mol. The Morgan fingerprint density at radius 3 is 2.33 bits per heavy atom. The lowest BCUT2D eigenvalue weighted by molar-refractivity contribution is -0.131. The Kier molecular flexibility index (Phi) is 4.95. The molecular weight excluding hydrogens is 274 g/mol. The van der Waals surface area contributed by atoms with Gasteiger partial charge in [-0.05, 0) is 32.7 Å². The fraction of sp³-hybridized carbons (Fsp3) is 0.643. The van der Waals surface area contributed by atoms with Crippen LogP contribution in [0.15, 0.2) is 12.2 Å². The predicted molar refractivity (Wildman–Crippen MR) is 75.7 cm³/mol. The molecule has 2 fully saturated rings. The van der Waals surface area contributed by atoms with Crippen molar-refractivity contribution in [3.8, 4) is 0 Å². The molecule has 0 spiro atoms. The van der Waals surface area contributed by atoms with Gasteiger partial charge in [0.2, 0.25) is 0 Å². The number of imide groups is 1. The molecule has 0 saturated carbocycles. The number of aliphatic carboxylic acids is 1. The minimum atomic E-state index is -1.23. The minimum Gasteiger partial charge on any atom is -0.478 e. The summed E-state index contributed by atoms with van der Waals surface area (Å²) in [7, 11) is 2.13. The Hall–Kier alpha value is -1.89. The molecule has 2 bridgehead atoms. The molecule has 0 aliphatic carbocycles. The van der Waals surface area contributed by atoms with Crippen LogP contribution in [0.25, 0.3) is 0 Å². The van der Waals surface area contributed by atoms with Crippen LogP contribution in [0.2, 0.25) is 0 Å². The molecule has 0 aromatic heterocycles. The molecule has 2 aliphatic rings. The van der Waals surface area contributed by atoms with Crippen molar-refractivity contribution in [3.63, 3.8) is 0 Å². The molecule has 116 valence electrons. The highest BCUT2D eigenvalue weighted by Gasteiger charge is 2.36. The van der Waals surface area contributed by atoms with Crippen LogP contribution in [0, 0.1) is 0 Å². The Labute approximate surface area is 123 Å². The van der Waals surface area contributed by atoms with Crippen molar-refractivity contribution in [3.05, 3.63) is 12.2 Å². The number of rotatable bonds is 3. The maximum Gasteiger partial charge on any atom is 0.328 e. The van der Waals surface area contributed by atoms with Crippen LogP contribution in [0.5, 0.6) is 0 Å². The number of hydrogen-bond donors (Lipinski definition) is 3. The van der Waals surface area contributed by atoms with Crippen LogP contribution >= 0.6 is 0 Å². The first-order valence-electron chi connectivity index (χ1n) is 7.20. The summed E-state index contributed by atoms with van der Waals surface area (Å²) in [4.78, 5) is 35.7. The van der Waals surface area contributed by atoms with E-state index in [1.807, 2.05) is 0 Å². The first kappa shape index (κ1) is 15.5. The molecule has 7 heteroatoms. The van der Waals surface area contributed by atoms with Gasteiger partial charge in [0, 0.05) is 30.3 Å². The highest BCUT2D eigenvalue weighted by atomic mass is 16.4. The number of fused-ring (bicyclic) bond motifs is 2. The number of piperidine rings is 2. The molecule has 0 radical (unpaired) electrons. The van der Waals surface area contributed by atoms with Crippen molar-refractivity contribution in [2.75, 3.05) is 7.05 Å². The van der Waals surface area contributed by atoms with Gasteiger partial charge in [-0.15, -0.1) is 0 Å². The fourth-order valence-corrected chi connectivity index (χ4v) is 3.26. The summed E-state index contributed by atoms with van der Waals surface area (Å²) in [5, 5.41) is 13.3. The summed E-state index contributed by atoms with van der Waals surface area (Å²) >= 11 is 0. The zero-order chi connectivity index (χ0) is 15.4. The molecule has 0 aromatic rings. The number of nitrogens with zero attached hydrogens (tertiary/aromatic N) is 1. The standard InChI is InChI=1S/C14H21N3O4/c1-17-10-3-2-4-11(17)8-9(7-10)15-14(21)16-12(18)5-6-13(19)20/h5-6,9-11H,2-4,7-8H2,1H3,(H,19,20)(H2,15,16,18,21). The summed E-state index contributed by atoms with van der Waals surface area (Å²) in [6.45, 7) is 0. The molecular formula is C14H21N3O4. The van der Waals surface area contributed by atoms with Gasteiger partial charge in [0.05, 0.1) is 0 Å². The van der Waals surface area contributed by atoms with E-state index in [0.717, 1.165) is 31.8 Å². The van der Waals surface area contributed by atoms with Crippen molar-refractivity contribution in [1.29, 1.82) is 0 Å². The molecule has 3 N–H and O–H groups in total. The van der Waals surface area contributed by atoms with Crippen LogP contribution in [-0.2, 0) is 9.59 Å². The first-order valence-corrected chi connectivity index (χ1v) is 7.20. The van der Waals surface area contributed by atoms with Crippen molar-refractivity contribution >= 4 is 17.9 Å². The second-order valence-corrected chi connectivity index (χ2v) is 5.71. The third-order valence-corrected chi connectivity index (χ3v) is 4.29. The average Bonchev–Trinajstić information content (AvgIpc) is 2.37. The molecule has 7 nitrogen and oxygen atoms in total. The number of amides is 3. The van der Waals surface area contributed by atoms with Gasteiger partial charge in [0.25, 0.3) is 5.91 Å². The number of carboxylic acids is 1. The van der Waals surface area contributed by atoms with Gasteiger partial charge in [0.1, 0.15) is 0 Å². The second kappa shape index (κ2) is 6.71. The van der Waals surface area contributed by atoms with Gasteiger partial charge in [-0.1, -0.05) is 6.42 Å². The maximum absolute atomic E-state index is 11.7. The number of carboxylic acid groups (broad SMARTS) is 1. The Bertz CT molecular complexity index is 449. The summed E-state index contributed by atoms with van der Waals surface area (Å²) < 4.78 is 0. The van der Waals surface area contributed by atoms with Gasteiger partial charge in [-0.25, -0.2) is 9.59 Å². The highest BCUT2D eigenvalue weighted by molar-refractivity contribution is 6.02. The quantitative estimate of drug-likeness (QED) is 0.657. The van der Waals surface area contributed by atoms with E-state index in [1.165, 1.54) is 6.42 Å². The lowest BCUT2D eigenvalue weighted by Crippen LogP contribution is -2.56. The fourth-order valence-electron chi connectivity index (χ4n) is 3.26. The molecule has 21 heavy (non-hydrogen) atoms. The molecule has 3 amide bonds. The maximum atomic E-state index is 11.7. The smallest absolute Gasteiger partial charge is 0.328 e. The van der Waals surface area contributed by atoms with E-state index in [9.17, 15) is 14.4 Å². The second-order valence-electron chi connectivity index (χ2n) is 5.71. The first-order chi connectivity index (χ1) is 9.95. The number of urea groups is 1. The van der Waals surface area contributed by atoms with Gasteiger partial charge in [-0.2, -0.15) is 0 Å². The zero-order valence-corrected chi connectivity index (χ0v) is 12.0. The lowest BCUT2D eigenvalue weighted by Gasteiger charge is -2.47. The van der Waals surface area contributed by atoms with Crippen LogP contribution in [-0.4, -0.2) is 53.1 Å². The SMILES string of the molecule is CN1C2CCCC1CC(NC(=O)NC(=O)C=CC(=O)O)C2. The molecule has 0 aromatic carbocycles. The van der Waals surface area contributed by atoms with Crippen LogP contribution in [0.4, 0.5) is 4.79 Å².